The number of hydrogen-bond acceptors (Lipinski definition) is 2. The van der Waals surface area contributed by atoms with Crippen molar-refractivity contribution in [2.24, 2.45) is 5.92 Å². The minimum atomic E-state index is 0.353. The summed E-state index contributed by atoms with van der Waals surface area (Å²) in [6.07, 6.45) is 6.47. The van der Waals surface area contributed by atoms with Crippen LogP contribution in [-0.2, 0) is 13.0 Å². The van der Waals surface area contributed by atoms with E-state index in [1.54, 1.807) is 0 Å². The molecule has 2 rings (SSSR count). The maximum Gasteiger partial charge on any atom is 0.163 e. The van der Waals surface area contributed by atoms with Crippen LogP contribution in [-0.4, -0.2) is 12.3 Å². The molecule has 1 aliphatic rings. The van der Waals surface area contributed by atoms with E-state index in [1.807, 2.05) is 12.1 Å². The van der Waals surface area contributed by atoms with Crippen molar-refractivity contribution in [2.75, 3.05) is 6.54 Å². The SMILES string of the molecule is CCCCC(CC)CC(=O)c1cccc2c1CCNC2. The molecular formula is C18H27NO. The van der Waals surface area contributed by atoms with Gasteiger partial charge in [0.15, 0.2) is 5.78 Å². The summed E-state index contributed by atoms with van der Waals surface area (Å²) in [4.78, 5) is 12.6. The van der Waals surface area contributed by atoms with Crippen molar-refractivity contribution in [3.05, 3.63) is 34.9 Å². The standard InChI is InChI=1S/C18H27NO/c1-3-5-7-14(4-2)12-18(20)17-9-6-8-15-13-19-11-10-16(15)17/h6,8-9,14,19H,3-5,7,10-13H2,1-2H3. The van der Waals surface area contributed by atoms with Crippen molar-refractivity contribution < 1.29 is 4.79 Å². The fraction of sp³-hybridized carbons (Fsp3) is 0.611. The smallest absolute Gasteiger partial charge is 0.163 e. The van der Waals surface area contributed by atoms with Crippen LogP contribution in [0.4, 0.5) is 0 Å². The van der Waals surface area contributed by atoms with E-state index in [1.165, 1.54) is 30.4 Å². The zero-order valence-corrected chi connectivity index (χ0v) is 12.9. The van der Waals surface area contributed by atoms with E-state index in [2.05, 4.69) is 25.2 Å². The van der Waals surface area contributed by atoms with Gasteiger partial charge in [-0.1, -0.05) is 57.7 Å². The van der Waals surface area contributed by atoms with E-state index in [4.69, 9.17) is 0 Å². The van der Waals surface area contributed by atoms with Gasteiger partial charge in [-0.3, -0.25) is 4.79 Å². The van der Waals surface area contributed by atoms with Crippen LogP contribution < -0.4 is 5.32 Å². The molecule has 0 spiro atoms. The zero-order valence-electron chi connectivity index (χ0n) is 12.9. The molecule has 0 fully saturated rings. The molecule has 20 heavy (non-hydrogen) atoms. The summed E-state index contributed by atoms with van der Waals surface area (Å²) >= 11 is 0. The summed E-state index contributed by atoms with van der Waals surface area (Å²) in [6.45, 7) is 6.32. The number of benzene rings is 1. The van der Waals surface area contributed by atoms with Crippen LogP contribution >= 0.6 is 0 Å². The number of rotatable bonds is 7. The van der Waals surface area contributed by atoms with Crippen molar-refractivity contribution in [1.29, 1.82) is 0 Å². The lowest BCUT2D eigenvalue weighted by Gasteiger charge is -2.21. The molecule has 1 unspecified atom stereocenters. The molecule has 2 heteroatoms. The van der Waals surface area contributed by atoms with Gasteiger partial charge >= 0.3 is 0 Å². The van der Waals surface area contributed by atoms with Crippen LogP contribution in [0.3, 0.4) is 0 Å². The normalized spacial score (nSPS) is 15.7. The second-order valence-corrected chi connectivity index (χ2v) is 5.91. The highest BCUT2D eigenvalue weighted by atomic mass is 16.1. The molecule has 0 aliphatic carbocycles. The zero-order chi connectivity index (χ0) is 14.4. The van der Waals surface area contributed by atoms with E-state index in [9.17, 15) is 4.79 Å². The largest absolute Gasteiger partial charge is 0.312 e. The van der Waals surface area contributed by atoms with Gasteiger partial charge < -0.3 is 5.32 Å². The highest BCUT2D eigenvalue weighted by Crippen LogP contribution is 2.24. The van der Waals surface area contributed by atoms with Crippen LogP contribution in [0.1, 0.15) is 67.4 Å². The van der Waals surface area contributed by atoms with Crippen LogP contribution in [0.2, 0.25) is 0 Å². The van der Waals surface area contributed by atoms with Gasteiger partial charge in [-0.05, 0) is 30.0 Å². The van der Waals surface area contributed by atoms with Gasteiger partial charge in [-0.15, -0.1) is 0 Å². The van der Waals surface area contributed by atoms with Crippen molar-refractivity contribution in [3.63, 3.8) is 0 Å². The monoisotopic (exact) mass is 273 g/mol. The molecule has 0 saturated carbocycles. The summed E-state index contributed by atoms with van der Waals surface area (Å²) in [5, 5.41) is 3.38. The van der Waals surface area contributed by atoms with Gasteiger partial charge in [-0.25, -0.2) is 0 Å². The van der Waals surface area contributed by atoms with Crippen molar-refractivity contribution in [2.45, 2.75) is 58.9 Å². The van der Waals surface area contributed by atoms with E-state index >= 15 is 0 Å². The molecule has 0 bridgehead atoms. The Morgan fingerprint density at radius 1 is 1.35 bits per heavy atom. The first kappa shape index (κ1) is 15.2. The Hall–Kier alpha value is -1.15. The molecule has 110 valence electrons. The molecular weight excluding hydrogens is 246 g/mol. The minimum absolute atomic E-state index is 0.353. The third-order valence-electron chi connectivity index (χ3n) is 4.46. The number of unbranched alkanes of at least 4 members (excludes halogenated alkanes) is 1. The average molecular weight is 273 g/mol. The maximum absolute atomic E-state index is 12.6. The van der Waals surface area contributed by atoms with E-state index < -0.39 is 0 Å². The summed E-state index contributed by atoms with van der Waals surface area (Å²) in [5.74, 6) is 0.909. The van der Waals surface area contributed by atoms with E-state index in [-0.39, 0.29) is 0 Å². The molecule has 1 aromatic carbocycles. The predicted octanol–water partition coefficient (Wildman–Crippen LogP) is 4.12. The molecule has 2 nitrogen and oxygen atoms in total. The highest BCUT2D eigenvalue weighted by molar-refractivity contribution is 5.98. The Balaban J connectivity index is 2.09. The minimum Gasteiger partial charge on any atom is -0.312 e. The molecule has 1 aliphatic heterocycles. The lowest BCUT2D eigenvalue weighted by molar-refractivity contribution is 0.0955. The molecule has 1 aromatic rings. The van der Waals surface area contributed by atoms with Crippen molar-refractivity contribution >= 4 is 5.78 Å². The van der Waals surface area contributed by atoms with Gasteiger partial charge in [-0.2, -0.15) is 0 Å². The van der Waals surface area contributed by atoms with Crippen LogP contribution in [0.5, 0.6) is 0 Å². The number of hydrogen-bond donors (Lipinski definition) is 1. The average Bonchev–Trinajstić information content (AvgIpc) is 2.50. The van der Waals surface area contributed by atoms with Crippen molar-refractivity contribution in [1.82, 2.24) is 5.32 Å². The number of ketones is 1. The number of carbonyl (C=O) groups is 1. The topological polar surface area (TPSA) is 29.1 Å². The first-order valence-electron chi connectivity index (χ1n) is 8.10. The first-order chi connectivity index (χ1) is 9.76. The Morgan fingerprint density at radius 2 is 2.20 bits per heavy atom. The first-order valence-corrected chi connectivity index (χ1v) is 8.10. The summed E-state index contributed by atoms with van der Waals surface area (Å²) in [5.41, 5.74) is 3.59. The summed E-state index contributed by atoms with van der Waals surface area (Å²) in [6, 6.07) is 6.21. The van der Waals surface area contributed by atoms with E-state index in [0.29, 0.717) is 11.7 Å². The lowest BCUT2D eigenvalue weighted by Crippen LogP contribution is -2.25. The van der Waals surface area contributed by atoms with Crippen LogP contribution in [0, 0.1) is 5.92 Å². The number of carbonyl (C=O) groups excluding carboxylic acids is 1. The third-order valence-corrected chi connectivity index (χ3v) is 4.46. The highest BCUT2D eigenvalue weighted by Gasteiger charge is 2.19. The fourth-order valence-corrected chi connectivity index (χ4v) is 3.11. The van der Waals surface area contributed by atoms with Crippen LogP contribution in [0.15, 0.2) is 18.2 Å². The fourth-order valence-electron chi connectivity index (χ4n) is 3.11. The summed E-state index contributed by atoms with van der Waals surface area (Å²) in [7, 11) is 0. The Morgan fingerprint density at radius 3 is 2.95 bits per heavy atom. The molecule has 1 heterocycles. The van der Waals surface area contributed by atoms with Gasteiger partial charge in [0.05, 0.1) is 0 Å². The summed E-state index contributed by atoms with van der Waals surface area (Å²) < 4.78 is 0. The molecule has 0 saturated heterocycles. The molecule has 0 aromatic heterocycles. The lowest BCUT2D eigenvalue weighted by atomic mass is 9.87. The van der Waals surface area contributed by atoms with E-state index in [0.717, 1.165) is 37.9 Å². The number of Topliss-reactive ketones (excluding diaryl/α,β-unsaturated/α-hetero) is 1. The van der Waals surface area contributed by atoms with Crippen LogP contribution in [0.25, 0.3) is 0 Å². The van der Waals surface area contributed by atoms with Crippen molar-refractivity contribution in [3.8, 4) is 0 Å². The second kappa shape index (κ2) is 7.58. The number of nitrogens with one attached hydrogen (secondary N) is 1. The van der Waals surface area contributed by atoms with Gasteiger partial charge in [0.1, 0.15) is 0 Å². The third kappa shape index (κ3) is 3.69. The number of fused-ring (bicyclic) bond motifs is 1. The second-order valence-electron chi connectivity index (χ2n) is 5.91. The maximum atomic E-state index is 12.6. The molecule has 1 atom stereocenters. The van der Waals surface area contributed by atoms with Gasteiger partial charge in [0.25, 0.3) is 0 Å². The Kier molecular flexibility index (Phi) is 5.78. The molecule has 0 radical (unpaired) electrons. The van der Waals surface area contributed by atoms with Gasteiger partial charge in [0, 0.05) is 18.5 Å². The molecule has 0 amide bonds. The van der Waals surface area contributed by atoms with Gasteiger partial charge in [0.2, 0.25) is 0 Å². The Labute approximate surface area is 123 Å². The Bertz CT molecular complexity index is 453. The predicted molar refractivity (Wildman–Crippen MR) is 84.1 cm³/mol. The quantitative estimate of drug-likeness (QED) is 0.757. The molecule has 1 N–H and O–H groups in total.